The van der Waals surface area contributed by atoms with Crippen LogP contribution in [0.3, 0.4) is 0 Å². The first kappa shape index (κ1) is 21.9. The summed E-state index contributed by atoms with van der Waals surface area (Å²) in [6.45, 7) is 0. The van der Waals surface area contributed by atoms with Crippen LogP contribution in [0, 0.1) is 0 Å². The smallest absolute Gasteiger partial charge is 0.000728 e. The molecule has 0 saturated heterocycles. The summed E-state index contributed by atoms with van der Waals surface area (Å²) in [5.74, 6) is 0. The first-order valence-corrected chi connectivity index (χ1v) is 14.2. The van der Waals surface area contributed by atoms with Gasteiger partial charge in [-0.25, -0.2) is 0 Å². The van der Waals surface area contributed by atoms with Crippen LogP contribution in [0.15, 0.2) is 133 Å². The topological polar surface area (TPSA) is 0 Å². The third-order valence-electron chi connectivity index (χ3n) is 9.17. The van der Waals surface area contributed by atoms with Crippen LogP contribution in [-0.4, -0.2) is 0 Å². The van der Waals surface area contributed by atoms with Gasteiger partial charge in [-0.15, -0.1) is 0 Å². The lowest BCUT2D eigenvalue weighted by Gasteiger charge is -2.20. The van der Waals surface area contributed by atoms with Gasteiger partial charge in [-0.1, -0.05) is 133 Å². The Morgan fingerprint density at radius 3 is 1.02 bits per heavy atom. The van der Waals surface area contributed by atoms with Gasteiger partial charge in [0.2, 0.25) is 0 Å². The van der Waals surface area contributed by atoms with Gasteiger partial charge >= 0.3 is 0 Å². The van der Waals surface area contributed by atoms with Gasteiger partial charge in [-0.3, -0.25) is 0 Å². The van der Waals surface area contributed by atoms with Crippen LogP contribution in [0.2, 0.25) is 0 Å². The summed E-state index contributed by atoms with van der Waals surface area (Å²) in [7, 11) is 0. The molecule has 0 heteroatoms. The van der Waals surface area contributed by atoms with E-state index in [0.29, 0.717) is 0 Å². The summed E-state index contributed by atoms with van der Waals surface area (Å²) in [5, 5.41) is 5.31. The van der Waals surface area contributed by atoms with Gasteiger partial charge < -0.3 is 0 Å². The first-order valence-electron chi connectivity index (χ1n) is 14.2. The third kappa shape index (κ3) is 2.96. The zero-order chi connectivity index (χ0) is 26.2. The molecule has 40 heavy (non-hydrogen) atoms. The van der Waals surface area contributed by atoms with Crippen LogP contribution in [0.4, 0.5) is 0 Å². The summed E-state index contributed by atoms with van der Waals surface area (Å²) < 4.78 is 0. The minimum atomic E-state index is 0.983. The zero-order valence-electron chi connectivity index (χ0n) is 22.1. The second-order valence-electron chi connectivity index (χ2n) is 11.2. The van der Waals surface area contributed by atoms with E-state index >= 15 is 0 Å². The molecule has 0 spiro atoms. The van der Waals surface area contributed by atoms with Crippen LogP contribution in [-0.2, 0) is 12.8 Å². The molecule has 0 heterocycles. The van der Waals surface area contributed by atoms with Gasteiger partial charge in [-0.2, -0.15) is 0 Å². The fourth-order valence-electron chi connectivity index (χ4n) is 7.49. The Balaban J connectivity index is 1.37. The van der Waals surface area contributed by atoms with Crippen molar-refractivity contribution in [2.45, 2.75) is 12.8 Å². The predicted molar refractivity (Wildman–Crippen MR) is 169 cm³/mol. The molecule has 0 aromatic heterocycles. The molecule has 2 aliphatic rings. The Hall–Kier alpha value is -4.94. The Labute approximate surface area is 234 Å². The fraction of sp³-hybridized carbons (Fsp3) is 0.0500. The third-order valence-corrected chi connectivity index (χ3v) is 9.17. The van der Waals surface area contributed by atoms with Crippen LogP contribution in [0.1, 0.15) is 22.3 Å². The lowest BCUT2D eigenvalue weighted by molar-refractivity contribution is 1.26. The van der Waals surface area contributed by atoms with Crippen molar-refractivity contribution in [1.29, 1.82) is 0 Å². The summed E-state index contributed by atoms with van der Waals surface area (Å²) in [6.07, 6.45) is 1.97. The van der Waals surface area contributed by atoms with Gasteiger partial charge in [-0.05, 0) is 101 Å². The van der Waals surface area contributed by atoms with E-state index in [-0.39, 0.29) is 0 Å². The molecule has 7 aromatic carbocycles. The molecular weight excluding hydrogens is 480 g/mol. The number of fused-ring (bicyclic) bond motifs is 8. The van der Waals surface area contributed by atoms with E-state index in [1.54, 1.807) is 0 Å². The SMILES string of the molecule is c1ccc2c(c1)Cc1c-2cccc1-c1c2ccccc2c(-c2cccc3c2Cc2ccccc2-3)c2ccccc12. The number of rotatable bonds is 2. The number of benzene rings is 7. The lowest BCUT2D eigenvalue weighted by atomic mass is 9.82. The highest BCUT2D eigenvalue weighted by atomic mass is 14.3. The Morgan fingerprint density at radius 2 is 0.600 bits per heavy atom. The van der Waals surface area contributed by atoms with Gasteiger partial charge in [0.1, 0.15) is 0 Å². The molecule has 0 aliphatic heterocycles. The molecule has 9 rings (SSSR count). The van der Waals surface area contributed by atoms with Crippen molar-refractivity contribution in [3.05, 3.63) is 156 Å². The van der Waals surface area contributed by atoms with Crippen LogP contribution >= 0.6 is 0 Å². The van der Waals surface area contributed by atoms with E-state index in [1.165, 1.54) is 88.3 Å². The van der Waals surface area contributed by atoms with Crippen molar-refractivity contribution in [3.8, 4) is 44.5 Å². The maximum absolute atomic E-state index is 2.34. The van der Waals surface area contributed by atoms with Crippen molar-refractivity contribution >= 4 is 21.5 Å². The van der Waals surface area contributed by atoms with Crippen molar-refractivity contribution in [2.75, 3.05) is 0 Å². The minimum Gasteiger partial charge on any atom is -0.0619 e. The van der Waals surface area contributed by atoms with E-state index in [1.807, 2.05) is 0 Å². The molecule has 186 valence electrons. The van der Waals surface area contributed by atoms with Gasteiger partial charge in [0.25, 0.3) is 0 Å². The second-order valence-corrected chi connectivity index (χ2v) is 11.2. The van der Waals surface area contributed by atoms with Crippen molar-refractivity contribution in [2.24, 2.45) is 0 Å². The van der Waals surface area contributed by atoms with Gasteiger partial charge in [0.15, 0.2) is 0 Å². The van der Waals surface area contributed by atoms with Crippen molar-refractivity contribution in [1.82, 2.24) is 0 Å². The van der Waals surface area contributed by atoms with E-state index in [2.05, 4.69) is 133 Å². The molecule has 0 fully saturated rings. The van der Waals surface area contributed by atoms with Crippen LogP contribution < -0.4 is 0 Å². The molecule has 2 aliphatic carbocycles. The molecule has 0 bridgehead atoms. The summed E-state index contributed by atoms with van der Waals surface area (Å²) in [5.41, 5.74) is 16.7. The van der Waals surface area contributed by atoms with E-state index < -0.39 is 0 Å². The second kappa shape index (κ2) is 8.28. The van der Waals surface area contributed by atoms with Gasteiger partial charge in [0.05, 0.1) is 0 Å². The van der Waals surface area contributed by atoms with E-state index in [0.717, 1.165) is 12.8 Å². The molecule has 0 amide bonds. The summed E-state index contributed by atoms with van der Waals surface area (Å²) >= 11 is 0. The molecule has 0 nitrogen and oxygen atoms in total. The molecule has 0 unspecified atom stereocenters. The Morgan fingerprint density at radius 1 is 0.275 bits per heavy atom. The molecule has 7 aromatic rings. The zero-order valence-corrected chi connectivity index (χ0v) is 22.1. The highest BCUT2D eigenvalue weighted by Gasteiger charge is 2.26. The van der Waals surface area contributed by atoms with Crippen molar-refractivity contribution < 1.29 is 0 Å². The molecule has 0 N–H and O–H groups in total. The monoisotopic (exact) mass is 506 g/mol. The molecule has 0 radical (unpaired) electrons. The molecular formula is C40H26. The average molecular weight is 507 g/mol. The molecule has 0 saturated carbocycles. The first-order chi connectivity index (χ1) is 19.9. The maximum Gasteiger partial charge on any atom is -0.000728 e. The summed E-state index contributed by atoms with van der Waals surface area (Å²) in [6, 6.07) is 49.7. The van der Waals surface area contributed by atoms with E-state index in [4.69, 9.17) is 0 Å². The van der Waals surface area contributed by atoms with Gasteiger partial charge in [0, 0.05) is 0 Å². The number of hydrogen-bond donors (Lipinski definition) is 0. The molecule has 0 atom stereocenters. The minimum absolute atomic E-state index is 0.983. The average Bonchev–Trinajstić information content (AvgIpc) is 3.59. The van der Waals surface area contributed by atoms with Crippen LogP contribution in [0.25, 0.3) is 66.1 Å². The summed E-state index contributed by atoms with van der Waals surface area (Å²) in [4.78, 5) is 0. The Kier molecular flexibility index (Phi) is 4.54. The van der Waals surface area contributed by atoms with E-state index in [9.17, 15) is 0 Å². The largest absolute Gasteiger partial charge is 0.0619 e. The fourth-order valence-corrected chi connectivity index (χ4v) is 7.49. The Bertz CT molecular complexity index is 1950. The maximum atomic E-state index is 2.34. The quantitative estimate of drug-likeness (QED) is 0.205. The van der Waals surface area contributed by atoms with Crippen LogP contribution in [0.5, 0.6) is 0 Å². The number of hydrogen-bond acceptors (Lipinski definition) is 0. The predicted octanol–water partition coefficient (Wildman–Crippen LogP) is 10.5. The van der Waals surface area contributed by atoms with Crippen molar-refractivity contribution in [3.63, 3.8) is 0 Å². The standard InChI is InChI=1S/C40H26/c1-3-13-27-25(11-1)23-37-29(27)19-9-21-35(37)39-31-15-5-7-17-33(31)40(34-18-8-6-16-32(34)39)36-22-10-20-30-28-14-4-2-12-26(28)24-38(30)36/h1-22H,23-24H2. The lowest BCUT2D eigenvalue weighted by Crippen LogP contribution is -1.95. The highest BCUT2D eigenvalue weighted by Crippen LogP contribution is 2.50. The highest BCUT2D eigenvalue weighted by molar-refractivity contribution is 6.22. The normalized spacial score (nSPS) is 12.8.